The van der Waals surface area contributed by atoms with Gasteiger partial charge >= 0.3 is 5.04 Å². The number of carbonyl (C=O) groups excluding carboxylic acids is 1. The maximum Gasteiger partial charge on any atom is 0.451 e. The van der Waals surface area contributed by atoms with Crippen LogP contribution < -0.4 is 0 Å². The van der Waals surface area contributed by atoms with Gasteiger partial charge in [0, 0.05) is 19.1 Å². The summed E-state index contributed by atoms with van der Waals surface area (Å²) < 4.78 is 23.6. The molecule has 0 unspecified atom stereocenters. The third-order valence-electron chi connectivity index (χ3n) is 2.00. The van der Waals surface area contributed by atoms with Crippen LogP contribution in [0.3, 0.4) is 0 Å². The highest BCUT2D eigenvalue weighted by Crippen LogP contribution is 2.17. The van der Waals surface area contributed by atoms with Gasteiger partial charge in [-0.3, -0.25) is 14.9 Å². The van der Waals surface area contributed by atoms with Crippen molar-refractivity contribution in [2.45, 2.75) is 11.8 Å². The van der Waals surface area contributed by atoms with Gasteiger partial charge in [0.1, 0.15) is 0 Å². The van der Waals surface area contributed by atoms with E-state index in [1.165, 1.54) is 0 Å². The van der Waals surface area contributed by atoms with E-state index in [2.05, 4.69) is 4.79 Å². The van der Waals surface area contributed by atoms with E-state index >= 15 is 0 Å². The van der Waals surface area contributed by atoms with E-state index in [1.807, 2.05) is 0 Å². The molecule has 1 aromatic carbocycles. The molecule has 0 spiro atoms. The Morgan fingerprint density at radius 1 is 1.33 bits per heavy atom. The fourth-order valence-corrected chi connectivity index (χ4v) is 2.38. The Morgan fingerprint density at radius 3 is 2.17 bits per heavy atom. The first-order valence-corrected chi connectivity index (χ1v) is 6.01. The Morgan fingerprint density at radius 2 is 1.83 bits per heavy atom. The number of ketones is 1. The molecule has 0 amide bonds. The van der Waals surface area contributed by atoms with Crippen molar-refractivity contribution in [3.8, 4) is 0 Å². The van der Waals surface area contributed by atoms with E-state index < -0.39 is 25.6 Å². The Hall–Kier alpha value is -2.38. The Kier molecular flexibility index (Phi) is 3.70. The lowest BCUT2D eigenvalue weighted by Gasteiger charge is -1.97. The molecule has 0 aliphatic heterocycles. The van der Waals surface area contributed by atoms with Gasteiger partial charge in [-0.15, -0.1) is 4.79 Å². The Balaban J connectivity index is 3.34. The predicted octanol–water partition coefficient (Wildman–Crippen LogP) is 0.586. The van der Waals surface area contributed by atoms with Crippen LogP contribution in [0, 0.1) is 10.1 Å². The summed E-state index contributed by atoms with van der Waals surface area (Å²) in [7, 11) is -4.26. The average molecular weight is 269 g/mol. The fraction of sp³-hybridized carbons (Fsp3) is 0.111. The van der Waals surface area contributed by atoms with Gasteiger partial charge < -0.3 is 5.53 Å². The van der Waals surface area contributed by atoms with E-state index in [1.54, 1.807) is 0 Å². The second-order valence-corrected chi connectivity index (χ2v) is 5.08. The Labute approximate surface area is 102 Å². The molecule has 0 aliphatic rings. The lowest BCUT2D eigenvalue weighted by atomic mass is 10.3. The highest BCUT2D eigenvalue weighted by atomic mass is 32.2. The summed E-state index contributed by atoms with van der Waals surface area (Å²) in [6.45, 7) is 0.929. The first-order chi connectivity index (χ1) is 8.30. The minimum Gasteiger partial charge on any atom is -0.360 e. The van der Waals surface area contributed by atoms with E-state index in [9.17, 15) is 23.3 Å². The molecule has 0 atom stereocenters. The lowest BCUT2D eigenvalue weighted by Crippen LogP contribution is -2.23. The maximum atomic E-state index is 11.8. The first kappa shape index (κ1) is 13.7. The molecular weight excluding hydrogens is 262 g/mol. The van der Waals surface area contributed by atoms with Crippen LogP contribution in [0.25, 0.3) is 5.53 Å². The summed E-state index contributed by atoms with van der Waals surface area (Å²) in [5.74, 6) is -0.934. The highest BCUT2D eigenvalue weighted by Gasteiger charge is 2.34. The average Bonchev–Trinajstić information content (AvgIpc) is 2.29. The highest BCUT2D eigenvalue weighted by molar-refractivity contribution is 8.08. The molecule has 1 aromatic rings. The monoisotopic (exact) mass is 269 g/mol. The minimum absolute atomic E-state index is 0.292. The molecule has 1 rings (SSSR count). The number of non-ortho nitro benzene ring substituents is 1. The van der Waals surface area contributed by atoms with Gasteiger partial charge in [-0.2, -0.15) is 0 Å². The minimum atomic E-state index is -4.26. The van der Waals surface area contributed by atoms with Crippen LogP contribution in [0.5, 0.6) is 0 Å². The number of hydrogen-bond acceptors (Lipinski definition) is 5. The van der Waals surface area contributed by atoms with Gasteiger partial charge in [0.25, 0.3) is 21.3 Å². The lowest BCUT2D eigenvalue weighted by molar-refractivity contribution is -0.384. The molecule has 0 aliphatic carbocycles. The van der Waals surface area contributed by atoms with Crippen LogP contribution in [-0.2, 0) is 14.6 Å². The summed E-state index contributed by atoms with van der Waals surface area (Å²) in [6.07, 6.45) is 0. The van der Waals surface area contributed by atoms with E-state index in [-0.39, 0.29) is 10.6 Å². The summed E-state index contributed by atoms with van der Waals surface area (Å²) in [5, 5.41) is 9.38. The second-order valence-electron chi connectivity index (χ2n) is 3.22. The number of Topliss-reactive ketones (excluding diaryl/α,β-unsaturated/α-hetero) is 1. The number of nitro groups is 1. The molecule has 0 N–H and O–H groups in total. The first-order valence-electron chi connectivity index (χ1n) is 4.53. The van der Waals surface area contributed by atoms with Crippen LogP contribution in [0.2, 0.25) is 0 Å². The topological polar surface area (TPSA) is 131 Å². The van der Waals surface area contributed by atoms with Crippen molar-refractivity contribution in [1.82, 2.24) is 0 Å². The van der Waals surface area contributed by atoms with Crippen LogP contribution in [0.15, 0.2) is 29.2 Å². The summed E-state index contributed by atoms with van der Waals surface area (Å²) in [5.41, 5.74) is 8.22. The van der Waals surface area contributed by atoms with Gasteiger partial charge in [-0.05, 0) is 12.1 Å². The molecule has 9 heteroatoms. The number of hydrogen-bond donors (Lipinski definition) is 0. The van der Waals surface area contributed by atoms with Crippen molar-refractivity contribution in [2.75, 3.05) is 0 Å². The number of rotatable bonds is 3. The van der Waals surface area contributed by atoms with Crippen molar-refractivity contribution < 1.29 is 22.9 Å². The van der Waals surface area contributed by atoms with Crippen molar-refractivity contribution in [3.05, 3.63) is 39.9 Å². The van der Waals surface area contributed by atoms with E-state index in [4.69, 9.17) is 5.53 Å². The molecule has 0 radical (unpaired) electrons. The number of carbonyl (C=O) groups is 1. The number of sulfone groups is 1. The number of nitrogens with zero attached hydrogens (tertiary/aromatic N) is 3. The van der Waals surface area contributed by atoms with E-state index in [0.717, 1.165) is 31.2 Å². The molecule has 18 heavy (non-hydrogen) atoms. The van der Waals surface area contributed by atoms with Crippen LogP contribution in [0.1, 0.15) is 6.92 Å². The zero-order valence-electron chi connectivity index (χ0n) is 9.10. The van der Waals surface area contributed by atoms with Crippen molar-refractivity contribution in [3.63, 3.8) is 0 Å². The molecule has 0 fully saturated rings. The van der Waals surface area contributed by atoms with Gasteiger partial charge in [-0.25, -0.2) is 8.42 Å². The molecule has 0 aromatic heterocycles. The molecule has 0 bridgehead atoms. The third-order valence-corrected chi connectivity index (χ3v) is 3.78. The zero-order valence-corrected chi connectivity index (χ0v) is 9.92. The van der Waals surface area contributed by atoms with Gasteiger partial charge in [0.15, 0.2) is 0 Å². The predicted molar refractivity (Wildman–Crippen MR) is 59.6 cm³/mol. The standard InChI is InChI=1S/C9H7N3O5S/c1-6(13)9(11-10)18(16,17)8-4-2-7(3-5-8)12(14)15/h2-5H,1H3. The van der Waals surface area contributed by atoms with Gasteiger partial charge in [0.2, 0.25) is 0 Å². The second kappa shape index (κ2) is 4.86. The van der Waals surface area contributed by atoms with Crippen LogP contribution in [-0.4, -0.2) is 29.0 Å². The molecule has 0 saturated heterocycles. The summed E-state index contributed by atoms with van der Waals surface area (Å²) >= 11 is 0. The van der Waals surface area contributed by atoms with Gasteiger partial charge in [0.05, 0.1) is 9.82 Å². The largest absolute Gasteiger partial charge is 0.451 e. The third kappa shape index (κ3) is 2.47. The SMILES string of the molecule is CC(=O)C(=[N+]=[N-])S(=O)(=O)c1ccc([N+](=O)[O-])cc1. The number of nitro benzene ring substituents is 1. The van der Waals surface area contributed by atoms with Crippen LogP contribution in [0.4, 0.5) is 5.69 Å². The number of benzene rings is 1. The summed E-state index contributed by atoms with van der Waals surface area (Å²) in [6, 6.07) is 3.87. The quantitative estimate of drug-likeness (QED) is 0.198. The normalized spacial score (nSPS) is 10.5. The fourth-order valence-electron chi connectivity index (χ4n) is 1.17. The summed E-state index contributed by atoms with van der Waals surface area (Å²) in [4.78, 5) is 22.8. The van der Waals surface area contributed by atoms with Crippen molar-refractivity contribution >= 4 is 26.4 Å². The smallest absolute Gasteiger partial charge is 0.360 e. The van der Waals surface area contributed by atoms with Gasteiger partial charge in [-0.1, -0.05) is 0 Å². The molecule has 8 nitrogen and oxygen atoms in total. The molecular formula is C9H7N3O5S. The molecule has 94 valence electrons. The maximum absolute atomic E-state index is 11.8. The molecule has 0 heterocycles. The van der Waals surface area contributed by atoms with Crippen LogP contribution >= 0.6 is 0 Å². The van der Waals surface area contributed by atoms with E-state index in [0.29, 0.717) is 0 Å². The van der Waals surface area contributed by atoms with Crippen molar-refractivity contribution in [2.24, 2.45) is 0 Å². The Bertz CT molecular complexity index is 656. The van der Waals surface area contributed by atoms with Crippen molar-refractivity contribution in [1.29, 1.82) is 0 Å². The zero-order chi connectivity index (χ0) is 13.9. The molecule has 0 saturated carbocycles.